The molecule has 0 radical (unpaired) electrons. The average Bonchev–Trinajstić information content (AvgIpc) is 3.55. The monoisotopic (exact) mass is 1150 g/mol. The van der Waals surface area contributed by atoms with Gasteiger partial charge >= 0.3 is 5.97 Å². The highest BCUT2D eigenvalue weighted by atomic mass is 31.8. The molecule has 1 saturated heterocycles. The fourth-order valence-electron chi connectivity index (χ4n) is 8.47. The number of methoxy groups -OCH3 is 1. The zero-order chi connectivity index (χ0) is 57.3. The Morgan fingerprint density at radius 1 is 0.487 bits per heavy atom. The van der Waals surface area contributed by atoms with Gasteiger partial charge in [0.15, 0.2) is 6.61 Å². The Bertz CT molecular complexity index is 3460. The van der Waals surface area contributed by atoms with Crippen LogP contribution in [0, 0.1) is 35.5 Å². The Hall–Kier alpha value is -6.31. The Kier molecular flexibility index (Phi) is 22.2. The lowest BCUT2D eigenvalue weighted by Crippen LogP contribution is -2.36. The zero-order valence-electron chi connectivity index (χ0n) is 47.4. The summed E-state index contributed by atoms with van der Waals surface area (Å²) in [6, 6.07) is 34.4. The topological polar surface area (TPSA) is 146 Å². The lowest BCUT2D eigenvalue weighted by molar-refractivity contribution is -0.142. The highest BCUT2D eigenvalue weighted by Crippen LogP contribution is 2.42. The van der Waals surface area contributed by atoms with Crippen LogP contribution in [-0.2, 0) is 42.8 Å². The molecular weight excluding hydrogens is 1080 g/mol. The maximum Gasteiger partial charge on any atom is 0.343 e. The first-order valence-electron chi connectivity index (χ1n) is 26.7. The third kappa shape index (κ3) is 19.2. The van der Waals surface area contributed by atoms with Crippen LogP contribution in [0.15, 0.2) is 109 Å². The molecule has 6 aromatic rings. The van der Waals surface area contributed by atoms with E-state index in [1.807, 2.05) is 99.6 Å². The van der Waals surface area contributed by atoms with Crippen LogP contribution in [0.3, 0.4) is 0 Å². The summed E-state index contributed by atoms with van der Waals surface area (Å²) in [7, 11) is -0.696. The molecular formula is C62H72N6O8P4. The van der Waals surface area contributed by atoms with Gasteiger partial charge < -0.3 is 28.0 Å². The van der Waals surface area contributed by atoms with Crippen molar-refractivity contribution in [1.82, 2.24) is 29.7 Å². The van der Waals surface area contributed by atoms with Crippen molar-refractivity contribution in [2.75, 3.05) is 106 Å². The number of rotatable bonds is 18. The fraction of sp³-hybridized carbons (Fsp3) is 0.355. The number of aromatic nitrogens is 3. The van der Waals surface area contributed by atoms with Crippen LogP contribution in [0.25, 0.3) is 0 Å². The molecule has 4 heterocycles. The maximum atomic E-state index is 14.1. The van der Waals surface area contributed by atoms with Crippen molar-refractivity contribution in [3.8, 4) is 52.8 Å². The van der Waals surface area contributed by atoms with Gasteiger partial charge in [0.05, 0.1) is 49.4 Å². The third-order valence-corrected chi connectivity index (χ3v) is 17.9. The van der Waals surface area contributed by atoms with Crippen molar-refractivity contribution >= 4 is 51.9 Å². The van der Waals surface area contributed by atoms with Gasteiger partial charge in [-0.1, -0.05) is 35.5 Å². The fourth-order valence-corrected chi connectivity index (χ4v) is 11.8. The molecule has 0 spiro atoms. The van der Waals surface area contributed by atoms with E-state index >= 15 is 0 Å². The number of nitrogens with zero attached hydrogens (tertiary/aromatic N) is 6. The minimum Gasteiger partial charge on any atom is -0.494 e. The Labute approximate surface area is 475 Å². The van der Waals surface area contributed by atoms with Gasteiger partial charge in [-0.15, -0.1) is 8.53 Å². The molecule has 7 rings (SSSR count). The number of benzene rings is 3. The highest BCUT2D eigenvalue weighted by Gasteiger charge is 2.25. The first-order chi connectivity index (χ1) is 38.3. The summed E-state index contributed by atoms with van der Waals surface area (Å²) in [6.07, 6.45) is 0. The van der Waals surface area contributed by atoms with Crippen molar-refractivity contribution in [3.05, 3.63) is 160 Å². The largest absolute Gasteiger partial charge is 0.494 e. The van der Waals surface area contributed by atoms with Crippen LogP contribution in [-0.4, -0.2) is 142 Å². The van der Waals surface area contributed by atoms with E-state index in [9.17, 15) is 13.9 Å². The molecule has 1 aliphatic rings. The molecule has 1 aliphatic heterocycles. The second-order valence-corrected chi connectivity index (χ2v) is 32.4. The summed E-state index contributed by atoms with van der Waals surface area (Å²) >= 11 is 0. The second-order valence-electron chi connectivity index (χ2n) is 20.1. The number of esters is 1. The van der Waals surface area contributed by atoms with Crippen LogP contribution >= 0.6 is 29.6 Å². The number of hydrogen-bond acceptors (Lipinski definition) is 14. The standard InChI is InChI=1S/C62H72N6O8P4/c1-10-73-56-25-19-47(20-26-56)13-16-50-37-53(63-59(40-50)78(5,6)70)43-66-31-33-67(44-54-38-51(41-60(64-54)79(7,8)77)17-14-49-23-29-58(30-24-49)75-46-62(69)72-4)34-36-68(35-32-66)45-55-39-52(42-61(65-55)80(9,71)76-12-3)18-15-48-21-27-57(28-22-48)74-11-2/h19-30,37-42,77H,10-12,31-36,43-46H2,1-9H3. The van der Waals surface area contributed by atoms with Crippen molar-refractivity contribution in [2.24, 2.45) is 0 Å². The molecule has 18 heteroatoms. The number of hydrogen-bond donors (Lipinski definition) is 0. The Morgan fingerprint density at radius 2 is 0.825 bits per heavy atom. The summed E-state index contributed by atoms with van der Waals surface area (Å²) in [5, 5.41) is 0. The summed E-state index contributed by atoms with van der Waals surface area (Å²) in [5.74, 6) is 21.6. The van der Waals surface area contributed by atoms with Crippen molar-refractivity contribution < 1.29 is 37.4 Å². The highest BCUT2D eigenvalue weighted by molar-refractivity contribution is 8.02. The van der Waals surface area contributed by atoms with E-state index in [0.717, 1.165) is 61.8 Å². The smallest absolute Gasteiger partial charge is 0.343 e. The van der Waals surface area contributed by atoms with Crippen molar-refractivity contribution in [2.45, 2.75) is 40.4 Å². The molecule has 418 valence electrons. The quantitative estimate of drug-likeness (QED) is 0.0458. The minimum absolute atomic E-state index is 0.176. The van der Waals surface area contributed by atoms with Gasteiger partial charge in [-0.05, 0) is 163 Å². The number of carbonyl (C=O) groups is 1. The van der Waals surface area contributed by atoms with Gasteiger partial charge in [0.25, 0.3) is 0 Å². The molecule has 3 aromatic carbocycles. The summed E-state index contributed by atoms with van der Waals surface area (Å²) in [5.41, 5.74) is 9.01. The summed E-state index contributed by atoms with van der Waals surface area (Å²) in [4.78, 5) is 34.1. The second kappa shape index (κ2) is 28.9. The van der Waals surface area contributed by atoms with Gasteiger partial charge in [-0.3, -0.25) is 24.2 Å². The molecule has 0 N–H and O–H groups in total. The zero-order valence-corrected chi connectivity index (χ0v) is 51.1. The average molecular weight is 1150 g/mol. The number of ether oxygens (including phenoxy) is 4. The van der Waals surface area contributed by atoms with E-state index in [4.69, 9.17) is 38.4 Å². The van der Waals surface area contributed by atoms with Crippen LogP contribution in [0.5, 0.6) is 17.2 Å². The van der Waals surface area contributed by atoms with Gasteiger partial charge in [0.2, 0.25) is 7.37 Å². The molecule has 3 aromatic heterocycles. The van der Waals surface area contributed by atoms with Gasteiger partial charge in [0.1, 0.15) is 35.3 Å². The molecule has 0 aliphatic carbocycles. The van der Waals surface area contributed by atoms with Crippen LogP contribution in [0.4, 0.5) is 0 Å². The number of carbonyl (C=O) groups excluding carboxylic acids is 1. The van der Waals surface area contributed by atoms with Crippen LogP contribution in [0.1, 0.15) is 71.2 Å². The predicted octanol–water partition coefficient (Wildman–Crippen LogP) is 9.02. The lowest BCUT2D eigenvalue weighted by Gasteiger charge is -2.26. The first-order valence-corrected chi connectivity index (χ1v) is 35.4. The van der Waals surface area contributed by atoms with Crippen LogP contribution in [0.2, 0.25) is 0 Å². The first kappa shape index (κ1) is 61.3. The van der Waals surface area contributed by atoms with Crippen LogP contribution < -0.4 is 30.5 Å². The van der Waals surface area contributed by atoms with Gasteiger partial charge in [-0.25, -0.2) is 14.8 Å². The molecule has 0 saturated carbocycles. The van der Waals surface area contributed by atoms with E-state index in [1.54, 1.807) is 38.2 Å². The van der Waals surface area contributed by atoms with E-state index < -0.39 is 27.0 Å². The molecule has 14 nitrogen and oxygen atoms in total. The van der Waals surface area contributed by atoms with E-state index in [1.165, 1.54) is 7.11 Å². The predicted molar refractivity (Wildman–Crippen MR) is 326 cm³/mol. The SMILES string of the molecule is CCOc1ccc(C#Cc2cc(CN3CCN(Cc4cc(C#Cc5ccc(OCC)cc5)cc(P(C)(=O)OCC)n4)CCN(Cc4cc(C#Cc5ccc(OCC(=O)OC)cc5)cc(P(C)(C)=P)n4)CC3)nc(P(C)(C)=O)c2)cc1. The molecule has 1 fully saturated rings. The maximum absolute atomic E-state index is 14.1. The summed E-state index contributed by atoms with van der Waals surface area (Å²) < 4.78 is 55.1. The van der Waals surface area contributed by atoms with Gasteiger partial charge in [0, 0.05) is 98.9 Å². The van der Waals surface area contributed by atoms with Crippen molar-refractivity contribution in [3.63, 3.8) is 0 Å². The molecule has 0 amide bonds. The third-order valence-electron chi connectivity index (χ3n) is 12.7. The molecule has 1 unspecified atom stereocenters. The summed E-state index contributed by atoms with van der Waals surface area (Å²) in [6.45, 7) is 20.4. The van der Waals surface area contributed by atoms with Crippen molar-refractivity contribution in [1.29, 1.82) is 0 Å². The van der Waals surface area contributed by atoms with Gasteiger partial charge in [-0.2, -0.15) is 0 Å². The Morgan fingerprint density at radius 3 is 1.18 bits per heavy atom. The minimum atomic E-state index is -3.29. The lowest BCUT2D eigenvalue weighted by atomic mass is 10.1. The normalized spacial score (nSPS) is 14.3. The molecule has 80 heavy (non-hydrogen) atoms. The molecule has 1 atom stereocenters. The number of pyridine rings is 3. The van der Waals surface area contributed by atoms with E-state index in [0.29, 0.717) is 94.3 Å². The molecule has 0 bridgehead atoms. The Balaban J connectivity index is 1.21. The van der Waals surface area contributed by atoms with E-state index in [2.05, 4.69) is 84.2 Å². The van der Waals surface area contributed by atoms with E-state index in [-0.39, 0.29) is 13.2 Å².